The van der Waals surface area contributed by atoms with Crippen molar-refractivity contribution >= 4 is 21.9 Å². The molecule has 0 aromatic carbocycles. The average molecular weight is 235 g/mol. The van der Waals surface area contributed by atoms with Crippen LogP contribution in [0.15, 0.2) is 0 Å². The first-order valence-electron chi connectivity index (χ1n) is 4.11. The molecule has 4 heteroatoms. The Morgan fingerprint density at radius 1 is 1.67 bits per heavy atom. The molecule has 0 radical (unpaired) electrons. The molecule has 12 heavy (non-hydrogen) atoms. The number of ether oxygens (including phenoxy) is 1. The van der Waals surface area contributed by atoms with E-state index in [4.69, 9.17) is 4.74 Å². The van der Waals surface area contributed by atoms with E-state index in [1.165, 1.54) is 0 Å². The minimum absolute atomic E-state index is 0.0191. The average Bonchev–Trinajstić information content (AvgIpc) is 2.41. The van der Waals surface area contributed by atoms with Gasteiger partial charge in [-0.15, -0.1) is 0 Å². The molecule has 0 unspecified atom stereocenters. The first-order chi connectivity index (χ1) is 5.53. The highest BCUT2D eigenvalue weighted by atomic mass is 79.9. The number of hydrogen-bond acceptors (Lipinski definition) is 3. The number of aliphatic hydroxyl groups is 1. The van der Waals surface area contributed by atoms with Gasteiger partial charge in [-0.05, 0) is 19.8 Å². The van der Waals surface area contributed by atoms with Crippen molar-refractivity contribution in [2.24, 2.45) is 5.92 Å². The highest BCUT2D eigenvalue weighted by molar-refractivity contribution is 9.09. The second-order valence-electron chi connectivity index (χ2n) is 3.72. The molecule has 68 valence electrons. The number of rotatable bonds is 0. The smallest absolute Gasteiger partial charge is 0.338 e. The summed E-state index contributed by atoms with van der Waals surface area (Å²) in [6.45, 7) is 1.55. The van der Waals surface area contributed by atoms with Gasteiger partial charge in [-0.2, -0.15) is 0 Å². The molecule has 1 heterocycles. The predicted octanol–water partition coefficient (Wildman–Crippen LogP) is 0.836. The van der Waals surface area contributed by atoms with Crippen molar-refractivity contribution in [2.45, 2.75) is 36.3 Å². The molecule has 0 aromatic heterocycles. The first kappa shape index (κ1) is 8.51. The lowest BCUT2D eigenvalue weighted by atomic mass is 9.89. The molecule has 2 aliphatic rings. The Morgan fingerprint density at radius 3 is 2.92 bits per heavy atom. The van der Waals surface area contributed by atoms with E-state index in [1.54, 1.807) is 6.92 Å². The summed E-state index contributed by atoms with van der Waals surface area (Å²) in [5.41, 5.74) is -1.26. The van der Waals surface area contributed by atoms with Crippen molar-refractivity contribution in [3.05, 3.63) is 0 Å². The van der Waals surface area contributed by atoms with Gasteiger partial charge in [0.25, 0.3) is 0 Å². The molecule has 0 amide bonds. The second kappa shape index (κ2) is 2.45. The van der Waals surface area contributed by atoms with Gasteiger partial charge in [0.1, 0.15) is 6.10 Å². The molecule has 2 fully saturated rings. The summed E-state index contributed by atoms with van der Waals surface area (Å²) in [4.78, 5) is 11.4. The number of carbonyl (C=O) groups is 1. The zero-order chi connectivity index (χ0) is 8.93. The summed E-state index contributed by atoms with van der Waals surface area (Å²) < 4.78 is 5.08. The summed E-state index contributed by atoms with van der Waals surface area (Å²) in [7, 11) is 0. The molecular weight excluding hydrogens is 224 g/mol. The van der Waals surface area contributed by atoms with E-state index in [2.05, 4.69) is 15.9 Å². The minimum atomic E-state index is -1.26. The molecule has 0 aromatic rings. The van der Waals surface area contributed by atoms with Crippen molar-refractivity contribution in [1.82, 2.24) is 0 Å². The van der Waals surface area contributed by atoms with Gasteiger partial charge in [0.2, 0.25) is 0 Å². The number of esters is 1. The SMILES string of the molecule is C[C@@]1(O)C(=O)O[C@@H]2[C@@H](Br)CC[C@@H]21. The van der Waals surface area contributed by atoms with Gasteiger partial charge in [0, 0.05) is 5.92 Å². The maximum absolute atomic E-state index is 11.2. The maximum atomic E-state index is 11.2. The normalized spacial score (nSPS) is 52.2. The predicted molar refractivity (Wildman–Crippen MR) is 45.9 cm³/mol. The van der Waals surface area contributed by atoms with Crippen LogP contribution in [-0.4, -0.2) is 27.6 Å². The van der Waals surface area contributed by atoms with Crippen LogP contribution in [0.2, 0.25) is 0 Å². The topological polar surface area (TPSA) is 46.5 Å². The molecule has 1 aliphatic heterocycles. The van der Waals surface area contributed by atoms with Crippen LogP contribution in [-0.2, 0) is 9.53 Å². The first-order valence-corrected chi connectivity index (χ1v) is 5.02. The molecular formula is C8H11BrO3. The largest absolute Gasteiger partial charge is 0.459 e. The van der Waals surface area contributed by atoms with Crippen LogP contribution in [0.3, 0.4) is 0 Å². The van der Waals surface area contributed by atoms with Crippen LogP contribution in [0.4, 0.5) is 0 Å². The second-order valence-corrected chi connectivity index (χ2v) is 4.89. The standard InChI is InChI=1S/C8H11BrO3/c1-8(11)4-2-3-5(9)6(4)12-7(8)10/h4-6,11H,2-3H2,1H3/t4-,5-,6-,8-/m0/s1. The van der Waals surface area contributed by atoms with E-state index >= 15 is 0 Å². The zero-order valence-electron chi connectivity index (χ0n) is 6.79. The molecule has 4 atom stereocenters. The Kier molecular flexibility index (Phi) is 1.74. The van der Waals surface area contributed by atoms with Crippen LogP contribution in [0, 0.1) is 5.92 Å². The summed E-state index contributed by atoms with van der Waals surface area (Å²) in [6.07, 6.45) is 1.71. The molecule has 2 rings (SSSR count). The monoisotopic (exact) mass is 234 g/mol. The third-order valence-corrected chi connectivity index (χ3v) is 3.86. The van der Waals surface area contributed by atoms with Crippen LogP contribution in [0.25, 0.3) is 0 Å². The fraction of sp³-hybridized carbons (Fsp3) is 0.875. The van der Waals surface area contributed by atoms with Gasteiger partial charge >= 0.3 is 5.97 Å². The maximum Gasteiger partial charge on any atom is 0.338 e. The summed E-state index contributed by atoms with van der Waals surface area (Å²) >= 11 is 3.44. The minimum Gasteiger partial charge on any atom is -0.459 e. The Labute approximate surface area is 79.2 Å². The summed E-state index contributed by atoms with van der Waals surface area (Å²) in [6, 6.07) is 0. The lowest BCUT2D eigenvalue weighted by molar-refractivity contribution is -0.154. The Bertz CT molecular complexity index is 226. The van der Waals surface area contributed by atoms with E-state index < -0.39 is 11.6 Å². The Morgan fingerprint density at radius 2 is 2.33 bits per heavy atom. The van der Waals surface area contributed by atoms with Crippen LogP contribution in [0.5, 0.6) is 0 Å². The van der Waals surface area contributed by atoms with Crippen molar-refractivity contribution in [3.8, 4) is 0 Å². The lowest BCUT2D eigenvalue weighted by Crippen LogP contribution is -2.37. The van der Waals surface area contributed by atoms with Gasteiger partial charge in [-0.25, -0.2) is 4.79 Å². The quantitative estimate of drug-likeness (QED) is 0.499. The van der Waals surface area contributed by atoms with Crippen molar-refractivity contribution < 1.29 is 14.6 Å². The van der Waals surface area contributed by atoms with Crippen LogP contribution >= 0.6 is 15.9 Å². The third-order valence-electron chi connectivity index (χ3n) is 2.88. The number of carbonyl (C=O) groups excluding carboxylic acids is 1. The van der Waals surface area contributed by atoms with E-state index in [0.29, 0.717) is 0 Å². The summed E-state index contributed by atoms with van der Waals surface area (Å²) in [5.74, 6) is -0.490. The fourth-order valence-corrected chi connectivity index (χ4v) is 2.81. The molecule has 3 nitrogen and oxygen atoms in total. The fourth-order valence-electron chi connectivity index (χ4n) is 2.07. The molecule has 1 aliphatic carbocycles. The van der Waals surface area contributed by atoms with E-state index in [9.17, 15) is 9.90 Å². The zero-order valence-corrected chi connectivity index (χ0v) is 8.37. The number of halogens is 1. The van der Waals surface area contributed by atoms with E-state index in [1.807, 2.05) is 0 Å². The van der Waals surface area contributed by atoms with Crippen LogP contribution in [0.1, 0.15) is 19.8 Å². The Hall–Kier alpha value is -0.0900. The van der Waals surface area contributed by atoms with Gasteiger partial charge in [-0.1, -0.05) is 15.9 Å². The van der Waals surface area contributed by atoms with Gasteiger partial charge < -0.3 is 9.84 Å². The van der Waals surface area contributed by atoms with E-state index in [0.717, 1.165) is 12.8 Å². The van der Waals surface area contributed by atoms with Crippen molar-refractivity contribution in [3.63, 3.8) is 0 Å². The van der Waals surface area contributed by atoms with Gasteiger partial charge in [-0.3, -0.25) is 0 Å². The number of hydrogen-bond donors (Lipinski definition) is 1. The third kappa shape index (κ3) is 0.941. The Balaban J connectivity index is 2.27. The highest BCUT2D eigenvalue weighted by Crippen LogP contribution is 2.45. The molecule has 0 bridgehead atoms. The summed E-state index contributed by atoms with van der Waals surface area (Å²) in [5, 5.41) is 9.76. The molecule has 1 saturated carbocycles. The van der Waals surface area contributed by atoms with Gasteiger partial charge in [0.15, 0.2) is 5.60 Å². The van der Waals surface area contributed by atoms with Crippen molar-refractivity contribution in [2.75, 3.05) is 0 Å². The van der Waals surface area contributed by atoms with Gasteiger partial charge in [0.05, 0.1) is 4.83 Å². The van der Waals surface area contributed by atoms with Crippen LogP contribution < -0.4 is 0 Å². The van der Waals surface area contributed by atoms with Crippen molar-refractivity contribution in [1.29, 1.82) is 0 Å². The van der Waals surface area contributed by atoms with E-state index in [-0.39, 0.29) is 16.8 Å². The molecule has 0 spiro atoms. The molecule has 1 saturated heterocycles. The lowest BCUT2D eigenvalue weighted by Gasteiger charge is -2.17. The molecule has 1 N–H and O–H groups in total. The number of alkyl halides is 1. The highest BCUT2D eigenvalue weighted by Gasteiger charge is 2.57. The number of fused-ring (bicyclic) bond motifs is 1.